The third kappa shape index (κ3) is 2.50. The summed E-state index contributed by atoms with van der Waals surface area (Å²) in [6.45, 7) is 4.52. The number of aliphatic hydroxyl groups is 1. The molecule has 0 aromatic carbocycles. The molecule has 2 saturated carbocycles. The molecule has 2 fully saturated rings. The van der Waals surface area contributed by atoms with Crippen molar-refractivity contribution < 1.29 is 5.11 Å². The molecule has 0 aromatic heterocycles. The van der Waals surface area contributed by atoms with Crippen LogP contribution in [0.3, 0.4) is 0 Å². The Labute approximate surface area is 87.9 Å². The van der Waals surface area contributed by atoms with E-state index in [4.69, 9.17) is 0 Å². The minimum absolute atomic E-state index is 0.0153. The van der Waals surface area contributed by atoms with E-state index in [1.807, 2.05) is 0 Å². The van der Waals surface area contributed by atoms with Crippen molar-refractivity contribution in [3.8, 4) is 0 Å². The first-order valence-electron chi connectivity index (χ1n) is 6.35. The molecule has 1 heteroatoms. The van der Waals surface area contributed by atoms with Crippen molar-refractivity contribution >= 4 is 0 Å². The van der Waals surface area contributed by atoms with Gasteiger partial charge in [-0.15, -0.1) is 0 Å². The fourth-order valence-electron chi connectivity index (χ4n) is 3.05. The molecule has 0 amide bonds. The summed E-state index contributed by atoms with van der Waals surface area (Å²) in [5, 5.41) is 10.0. The van der Waals surface area contributed by atoms with E-state index >= 15 is 0 Å². The van der Waals surface area contributed by atoms with Gasteiger partial charge in [0.2, 0.25) is 0 Å². The number of rotatable bonds is 5. The first-order valence-corrected chi connectivity index (χ1v) is 6.35. The van der Waals surface area contributed by atoms with E-state index in [1.54, 1.807) is 0 Å². The lowest BCUT2D eigenvalue weighted by atomic mass is 9.92. The van der Waals surface area contributed by atoms with Crippen molar-refractivity contribution in [3.63, 3.8) is 0 Å². The maximum Gasteiger partial charge on any atom is 0.0568 e. The molecule has 0 bridgehead atoms. The third-order valence-electron chi connectivity index (χ3n) is 4.11. The molecule has 0 spiro atoms. The van der Waals surface area contributed by atoms with Crippen LogP contribution in [0.15, 0.2) is 0 Å². The Morgan fingerprint density at radius 1 is 1.07 bits per heavy atom. The molecule has 3 unspecified atom stereocenters. The van der Waals surface area contributed by atoms with E-state index in [0.29, 0.717) is 5.92 Å². The molecule has 0 saturated heterocycles. The van der Waals surface area contributed by atoms with Gasteiger partial charge in [-0.1, -0.05) is 26.7 Å². The van der Waals surface area contributed by atoms with E-state index in [1.165, 1.54) is 32.1 Å². The van der Waals surface area contributed by atoms with Gasteiger partial charge < -0.3 is 5.11 Å². The minimum Gasteiger partial charge on any atom is -0.393 e. The molecule has 0 aliphatic heterocycles. The fraction of sp³-hybridized carbons (Fsp3) is 1.00. The molecule has 0 aromatic rings. The Balaban J connectivity index is 1.61. The fourth-order valence-corrected chi connectivity index (χ4v) is 3.05. The van der Waals surface area contributed by atoms with Crippen LogP contribution in [0.2, 0.25) is 0 Å². The largest absolute Gasteiger partial charge is 0.393 e. The maximum absolute atomic E-state index is 10.0. The second kappa shape index (κ2) is 4.22. The van der Waals surface area contributed by atoms with Crippen molar-refractivity contribution in [1.82, 2.24) is 0 Å². The van der Waals surface area contributed by atoms with E-state index in [-0.39, 0.29) is 6.10 Å². The topological polar surface area (TPSA) is 20.2 Å². The number of aliphatic hydroxyl groups excluding tert-OH is 1. The molecule has 82 valence electrons. The van der Waals surface area contributed by atoms with Crippen LogP contribution in [-0.2, 0) is 0 Å². The summed E-state index contributed by atoms with van der Waals surface area (Å²) in [4.78, 5) is 0. The van der Waals surface area contributed by atoms with Crippen LogP contribution in [0, 0.1) is 23.7 Å². The Bertz CT molecular complexity index is 178. The number of hydrogen-bond acceptors (Lipinski definition) is 1. The molecule has 1 nitrogen and oxygen atoms in total. The van der Waals surface area contributed by atoms with Gasteiger partial charge in [0.15, 0.2) is 0 Å². The van der Waals surface area contributed by atoms with Gasteiger partial charge in [0.1, 0.15) is 0 Å². The summed E-state index contributed by atoms with van der Waals surface area (Å²) in [7, 11) is 0. The molecular formula is C13H24O. The standard InChI is InChI=1S/C13H24O/c1-9(2)4-3-5-13(14)12-7-10-6-11(10)8-12/h9-14H,3-8H2,1-2H3. The highest BCUT2D eigenvalue weighted by molar-refractivity contribution is 4.97. The van der Waals surface area contributed by atoms with Crippen LogP contribution < -0.4 is 0 Å². The highest BCUT2D eigenvalue weighted by atomic mass is 16.3. The first kappa shape index (κ1) is 10.5. The highest BCUT2D eigenvalue weighted by Crippen LogP contribution is 2.55. The summed E-state index contributed by atoms with van der Waals surface area (Å²) >= 11 is 0. The maximum atomic E-state index is 10.0. The van der Waals surface area contributed by atoms with Gasteiger partial charge in [-0.3, -0.25) is 0 Å². The lowest BCUT2D eigenvalue weighted by Crippen LogP contribution is -2.19. The number of hydrogen-bond donors (Lipinski definition) is 1. The lowest BCUT2D eigenvalue weighted by Gasteiger charge is -2.19. The van der Waals surface area contributed by atoms with Gasteiger partial charge >= 0.3 is 0 Å². The van der Waals surface area contributed by atoms with Gasteiger partial charge in [0.05, 0.1) is 6.10 Å². The van der Waals surface area contributed by atoms with Crippen molar-refractivity contribution in [3.05, 3.63) is 0 Å². The summed E-state index contributed by atoms with van der Waals surface area (Å²) in [6, 6.07) is 0. The van der Waals surface area contributed by atoms with Crippen molar-refractivity contribution in [2.24, 2.45) is 23.7 Å². The van der Waals surface area contributed by atoms with Crippen molar-refractivity contribution in [2.45, 2.75) is 58.5 Å². The van der Waals surface area contributed by atoms with E-state index in [0.717, 1.165) is 24.2 Å². The summed E-state index contributed by atoms with van der Waals surface area (Å²) < 4.78 is 0. The predicted molar refractivity (Wildman–Crippen MR) is 59.0 cm³/mol. The van der Waals surface area contributed by atoms with Crippen molar-refractivity contribution in [2.75, 3.05) is 0 Å². The molecule has 0 heterocycles. The second-order valence-electron chi connectivity index (χ2n) is 5.88. The quantitative estimate of drug-likeness (QED) is 0.716. The average molecular weight is 196 g/mol. The molecule has 0 radical (unpaired) electrons. The monoisotopic (exact) mass is 196 g/mol. The molecule has 3 atom stereocenters. The van der Waals surface area contributed by atoms with Gasteiger partial charge in [0.25, 0.3) is 0 Å². The van der Waals surface area contributed by atoms with Gasteiger partial charge in [-0.25, -0.2) is 0 Å². The van der Waals surface area contributed by atoms with Crippen molar-refractivity contribution in [1.29, 1.82) is 0 Å². The van der Waals surface area contributed by atoms with E-state index in [9.17, 15) is 5.11 Å². The number of fused-ring (bicyclic) bond motifs is 1. The molecule has 2 aliphatic carbocycles. The summed E-state index contributed by atoms with van der Waals surface area (Å²) in [5.41, 5.74) is 0. The van der Waals surface area contributed by atoms with Gasteiger partial charge in [-0.2, -0.15) is 0 Å². The SMILES string of the molecule is CC(C)CCCC(O)C1CC2CC2C1. The van der Waals surface area contributed by atoms with Crippen LogP contribution in [0.4, 0.5) is 0 Å². The summed E-state index contributed by atoms with van der Waals surface area (Å²) in [6.07, 6.45) is 7.67. The first-order chi connectivity index (χ1) is 6.66. The predicted octanol–water partition coefficient (Wildman–Crippen LogP) is 3.22. The Morgan fingerprint density at radius 3 is 2.29 bits per heavy atom. The minimum atomic E-state index is 0.0153. The lowest BCUT2D eigenvalue weighted by molar-refractivity contribution is 0.0917. The second-order valence-corrected chi connectivity index (χ2v) is 5.88. The smallest absolute Gasteiger partial charge is 0.0568 e. The molecule has 14 heavy (non-hydrogen) atoms. The van der Waals surface area contributed by atoms with Crippen LogP contribution in [0.25, 0.3) is 0 Å². The van der Waals surface area contributed by atoms with Crippen LogP contribution in [0.5, 0.6) is 0 Å². The Kier molecular flexibility index (Phi) is 3.16. The third-order valence-corrected chi connectivity index (χ3v) is 4.11. The summed E-state index contributed by atoms with van der Waals surface area (Å²) in [5.74, 6) is 3.48. The van der Waals surface area contributed by atoms with Crippen LogP contribution in [0.1, 0.15) is 52.4 Å². The zero-order chi connectivity index (χ0) is 10.1. The average Bonchev–Trinajstić information content (AvgIpc) is 2.73. The van der Waals surface area contributed by atoms with Gasteiger partial charge in [-0.05, 0) is 49.4 Å². The molecule has 2 rings (SSSR count). The van der Waals surface area contributed by atoms with E-state index < -0.39 is 0 Å². The normalized spacial score (nSPS) is 37.3. The molecule has 1 N–H and O–H groups in total. The zero-order valence-electron chi connectivity index (χ0n) is 9.58. The Morgan fingerprint density at radius 2 is 1.71 bits per heavy atom. The van der Waals surface area contributed by atoms with Crippen LogP contribution in [-0.4, -0.2) is 11.2 Å². The molecular weight excluding hydrogens is 172 g/mol. The van der Waals surface area contributed by atoms with E-state index in [2.05, 4.69) is 13.8 Å². The Hall–Kier alpha value is -0.0400. The molecule has 2 aliphatic rings. The highest BCUT2D eigenvalue weighted by Gasteiger charge is 2.47. The van der Waals surface area contributed by atoms with Gasteiger partial charge in [0, 0.05) is 0 Å². The van der Waals surface area contributed by atoms with Crippen LogP contribution >= 0.6 is 0 Å². The zero-order valence-corrected chi connectivity index (χ0v) is 9.58.